The maximum Gasteiger partial charge on any atom is 0.349 e. The Kier molecular flexibility index (Phi) is 8.48. The van der Waals surface area contributed by atoms with Gasteiger partial charge >= 0.3 is 5.97 Å². The van der Waals surface area contributed by atoms with Crippen molar-refractivity contribution in [2.45, 2.75) is 0 Å². The Balaban J connectivity index is 2.09. The summed E-state index contributed by atoms with van der Waals surface area (Å²) in [6.07, 6.45) is 2.90. The van der Waals surface area contributed by atoms with Gasteiger partial charge in [-0.1, -0.05) is 35.9 Å². The van der Waals surface area contributed by atoms with Crippen LogP contribution in [0.1, 0.15) is 5.56 Å². The maximum absolute atomic E-state index is 12.1. The normalized spacial score (nSPS) is 10.5. The minimum absolute atomic E-state index is 0.0863. The summed E-state index contributed by atoms with van der Waals surface area (Å²) < 4.78 is 15.9. The second-order valence-electron chi connectivity index (χ2n) is 5.77. The molecule has 2 rings (SSSR count). The maximum atomic E-state index is 12.1. The van der Waals surface area contributed by atoms with Gasteiger partial charge in [-0.25, -0.2) is 4.79 Å². The van der Waals surface area contributed by atoms with Crippen LogP contribution in [0.5, 0.6) is 17.2 Å². The molecule has 7 nitrogen and oxygen atoms in total. The molecule has 0 saturated heterocycles. The second-order valence-corrected chi connectivity index (χ2v) is 6.18. The van der Waals surface area contributed by atoms with Gasteiger partial charge in [-0.3, -0.25) is 4.79 Å². The van der Waals surface area contributed by atoms with E-state index in [2.05, 4.69) is 11.9 Å². The first-order valence-corrected chi connectivity index (χ1v) is 9.13. The van der Waals surface area contributed by atoms with E-state index in [4.69, 9.17) is 25.8 Å². The third-order valence-electron chi connectivity index (χ3n) is 3.68. The number of hydrogen-bond donors (Lipinski definition) is 1. The van der Waals surface area contributed by atoms with Gasteiger partial charge in [-0.2, -0.15) is 5.26 Å². The van der Waals surface area contributed by atoms with E-state index in [0.29, 0.717) is 16.3 Å². The van der Waals surface area contributed by atoms with Crippen molar-refractivity contribution in [3.8, 4) is 23.3 Å². The van der Waals surface area contributed by atoms with E-state index in [0.717, 1.165) is 0 Å². The van der Waals surface area contributed by atoms with Gasteiger partial charge in [0.15, 0.2) is 18.1 Å². The molecule has 0 radical (unpaired) electrons. The minimum Gasteiger partial charge on any atom is -0.493 e. The van der Waals surface area contributed by atoms with Gasteiger partial charge in [-0.05, 0) is 35.9 Å². The standard InChI is InChI=1S/C22H19ClN2O5/c1-3-10-25-22(27)16(13-24)11-15-8-9-19(20(12-15)28-2)30-21(26)14-29-18-7-5-4-6-17(18)23/h3-9,11-12H,1,10,14H2,2H3,(H,25,27). The first-order chi connectivity index (χ1) is 14.5. The van der Waals surface area contributed by atoms with Crippen LogP contribution >= 0.6 is 11.6 Å². The quantitative estimate of drug-likeness (QED) is 0.216. The van der Waals surface area contributed by atoms with Crippen LogP contribution in [0.4, 0.5) is 0 Å². The van der Waals surface area contributed by atoms with Crippen LogP contribution in [0.2, 0.25) is 5.02 Å². The fourth-order valence-corrected chi connectivity index (χ4v) is 2.47. The van der Waals surface area contributed by atoms with E-state index in [1.54, 1.807) is 30.3 Å². The average Bonchev–Trinajstić information content (AvgIpc) is 2.76. The van der Waals surface area contributed by atoms with E-state index in [9.17, 15) is 14.9 Å². The monoisotopic (exact) mass is 426 g/mol. The number of methoxy groups -OCH3 is 1. The fraction of sp³-hybridized carbons (Fsp3) is 0.136. The molecule has 0 bridgehead atoms. The second kappa shape index (κ2) is 11.3. The molecule has 0 saturated carbocycles. The van der Waals surface area contributed by atoms with E-state index >= 15 is 0 Å². The Morgan fingerprint density at radius 1 is 1.20 bits per heavy atom. The molecule has 30 heavy (non-hydrogen) atoms. The van der Waals surface area contributed by atoms with Crippen LogP contribution in [-0.2, 0) is 9.59 Å². The van der Waals surface area contributed by atoms with Crippen LogP contribution in [0.15, 0.2) is 60.7 Å². The molecule has 1 N–H and O–H groups in total. The lowest BCUT2D eigenvalue weighted by molar-refractivity contribution is -0.136. The average molecular weight is 427 g/mol. The number of hydrogen-bond acceptors (Lipinski definition) is 6. The molecule has 0 aliphatic heterocycles. The summed E-state index contributed by atoms with van der Waals surface area (Å²) >= 11 is 5.98. The number of carbonyl (C=O) groups is 2. The van der Waals surface area contributed by atoms with E-state index < -0.39 is 11.9 Å². The van der Waals surface area contributed by atoms with Crippen molar-refractivity contribution >= 4 is 29.6 Å². The molecule has 0 fully saturated rings. The van der Waals surface area contributed by atoms with Gasteiger partial charge in [0, 0.05) is 6.54 Å². The van der Waals surface area contributed by atoms with Gasteiger partial charge < -0.3 is 19.5 Å². The van der Waals surface area contributed by atoms with E-state index in [-0.39, 0.29) is 30.2 Å². The van der Waals surface area contributed by atoms with Crippen molar-refractivity contribution < 1.29 is 23.8 Å². The number of carbonyl (C=O) groups excluding carboxylic acids is 2. The molecule has 0 unspecified atom stereocenters. The molecule has 0 atom stereocenters. The highest BCUT2D eigenvalue weighted by Crippen LogP contribution is 2.29. The Morgan fingerprint density at radius 3 is 2.63 bits per heavy atom. The summed E-state index contributed by atoms with van der Waals surface area (Å²) in [5, 5.41) is 12.1. The number of benzene rings is 2. The van der Waals surface area contributed by atoms with Crippen molar-refractivity contribution in [2.75, 3.05) is 20.3 Å². The summed E-state index contributed by atoms with van der Waals surface area (Å²) in [7, 11) is 1.41. The number of amides is 1. The van der Waals surface area contributed by atoms with Crippen LogP contribution < -0.4 is 19.5 Å². The molecular formula is C22H19ClN2O5. The molecular weight excluding hydrogens is 408 g/mol. The first kappa shape index (κ1) is 22.5. The smallest absolute Gasteiger partial charge is 0.349 e. The van der Waals surface area contributed by atoms with E-state index in [1.807, 2.05) is 6.07 Å². The SMILES string of the molecule is C=CCNC(=O)C(C#N)=Cc1ccc(OC(=O)COc2ccccc2Cl)c(OC)c1. The highest BCUT2D eigenvalue weighted by molar-refractivity contribution is 6.32. The summed E-state index contributed by atoms with van der Waals surface area (Å²) in [6.45, 7) is 3.39. The van der Waals surface area contributed by atoms with Crippen molar-refractivity contribution in [3.05, 3.63) is 71.3 Å². The van der Waals surface area contributed by atoms with Gasteiger partial charge in [0.25, 0.3) is 5.91 Å². The summed E-state index contributed by atoms with van der Waals surface area (Å²) in [5.41, 5.74) is 0.432. The third-order valence-corrected chi connectivity index (χ3v) is 3.99. The predicted molar refractivity (Wildman–Crippen MR) is 112 cm³/mol. The van der Waals surface area contributed by atoms with Crippen molar-refractivity contribution in [3.63, 3.8) is 0 Å². The highest BCUT2D eigenvalue weighted by atomic mass is 35.5. The van der Waals surface area contributed by atoms with Crippen molar-refractivity contribution in [1.29, 1.82) is 5.26 Å². The Labute approximate surface area is 179 Å². The number of halogens is 1. The largest absolute Gasteiger partial charge is 0.493 e. The number of ether oxygens (including phenoxy) is 3. The number of para-hydroxylation sites is 1. The molecule has 8 heteroatoms. The topological polar surface area (TPSA) is 97.7 Å². The number of nitrogens with one attached hydrogen (secondary N) is 1. The van der Waals surface area contributed by atoms with Crippen LogP contribution in [0.25, 0.3) is 6.08 Å². The van der Waals surface area contributed by atoms with Gasteiger partial charge in [-0.15, -0.1) is 6.58 Å². The van der Waals surface area contributed by atoms with Crippen LogP contribution in [-0.4, -0.2) is 32.1 Å². The number of esters is 1. The first-order valence-electron chi connectivity index (χ1n) is 8.75. The zero-order chi connectivity index (χ0) is 21.9. The van der Waals surface area contributed by atoms with Crippen LogP contribution in [0, 0.1) is 11.3 Å². The van der Waals surface area contributed by atoms with Crippen molar-refractivity contribution in [1.82, 2.24) is 5.32 Å². The number of rotatable bonds is 9. The predicted octanol–water partition coefficient (Wildman–Crippen LogP) is 3.54. The lowest BCUT2D eigenvalue weighted by Crippen LogP contribution is -2.24. The summed E-state index contributed by atoms with van der Waals surface area (Å²) in [5.74, 6) is -0.403. The molecule has 0 aromatic heterocycles. The van der Waals surface area contributed by atoms with Gasteiger partial charge in [0.05, 0.1) is 12.1 Å². The summed E-state index contributed by atoms with van der Waals surface area (Å²) in [6, 6.07) is 13.2. The Hall–Kier alpha value is -3.76. The van der Waals surface area contributed by atoms with E-state index in [1.165, 1.54) is 31.4 Å². The van der Waals surface area contributed by atoms with Gasteiger partial charge in [0.1, 0.15) is 17.4 Å². The van der Waals surface area contributed by atoms with Crippen molar-refractivity contribution in [2.24, 2.45) is 0 Å². The third kappa shape index (κ3) is 6.40. The van der Waals surface area contributed by atoms with Crippen LogP contribution in [0.3, 0.4) is 0 Å². The number of nitrogens with zero attached hydrogens (tertiary/aromatic N) is 1. The molecule has 0 aliphatic rings. The zero-order valence-corrected chi connectivity index (χ0v) is 16.9. The minimum atomic E-state index is -0.655. The molecule has 0 aliphatic carbocycles. The summed E-state index contributed by atoms with van der Waals surface area (Å²) in [4.78, 5) is 24.0. The molecule has 2 aromatic rings. The fourth-order valence-electron chi connectivity index (χ4n) is 2.28. The molecule has 1 amide bonds. The zero-order valence-electron chi connectivity index (χ0n) is 16.2. The molecule has 0 spiro atoms. The molecule has 154 valence electrons. The lowest BCUT2D eigenvalue weighted by atomic mass is 10.1. The van der Waals surface area contributed by atoms with Gasteiger partial charge in [0.2, 0.25) is 0 Å². The molecule has 0 heterocycles. The lowest BCUT2D eigenvalue weighted by Gasteiger charge is -2.11. The molecule has 2 aromatic carbocycles. The Bertz CT molecular complexity index is 1010. The highest BCUT2D eigenvalue weighted by Gasteiger charge is 2.13. The Morgan fingerprint density at radius 2 is 1.97 bits per heavy atom. The number of nitriles is 1.